The summed E-state index contributed by atoms with van der Waals surface area (Å²) in [5.74, 6) is 2.68. The Bertz CT molecular complexity index is 497. The van der Waals surface area contributed by atoms with Crippen LogP contribution in [0.15, 0.2) is 28.1 Å². The fourth-order valence-electron chi connectivity index (χ4n) is 1.94. The van der Waals surface area contributed by atoms with Crippen LogP contribution in [0.4, 0.5) is 0 Å². The molecule has 0 N–H and O–H groups in total. The molecule has 0 bridgehead atoms. The first-order valence-electron chi connectivity index (χ1n) is 7.20. The molecule has 1 aromatic rings. The molecule has 0 saturated heterocycles. The first kappa shape index (κ1) is 18.3. The van der Waals surface area contributed by atoms with Crippen LogP contribution in [0.3, 0.4) is 0 Å². The predicted molar refractivity (Wildman–Crippen MR) is 95.0 cm³/mol. The number of thiazole rings is 1. The highest BCUT2D eigenvalue weighted by atomic mass is 35.5. The van der Waals surface area contributed by atoms with Crippen molar-refractivity contribution in [3.05, 3.63) is 38.8 Å². The zero-order valence-corrected chi connectivity index (χ0v) is 14.5. The van der Waals surface area contributed by atoms with Crippen molar-refractivity contribution in [3.63, 3.8) is 0 Å². The van der Waals surface area contributed by atoms with E-state index in [1.165, 1.54) is 29.0 Å². The van der Waals surface area contributed by atoms with E-state index in [0.717, 1.165) is 44.2 Å². The van der Waals surface area contributed by atoms with Gasteiger partial charge in [-0.2, -0.15) is 0 Å². The minimum atomic E-state index is 0.805. The Morgan fingerprint density at radius 1 is 1.29 bits per heavy atom. The van der Waals surface area contributed by atoms with Gasteiger partial charge in [0.1, 0.15) is 0 Å². The molecular formula is C17H21Cl2NS. The first-order chi connectivity index (χ1) is 10.3. The number of aromatic nitrogens is 1. The zero-order valence-electron chi connectivity index (χ0n) is 12.2. The second-order valence-electron chi connectivity index (χ2n) is 4.83. The maximum atomic E-state index is 5.81. The second-order valence-corrected chi connectivity index (χ2v) is 6.24. The molecule has 0 fully saturated rings. The van der Waals surface area contributed by atoms with Crippen molar-refractivity contribution in [2.75, 3.05) is 0 Å². The fourth-order valence-corrected chi connectivity index (χ4v) is 3.11. The molecule has 0 saturated carbocycles. The highest BCUT2D eigenvalue weighted by Crippen LogP contribution is 2.18. The molecule has 1 nitrogen and oxygen atoms in total. The van der Waals surface area contributed by atoms with E-state index >= 15 is 0 Å². The normalized spacial score (nSPS) is 12.0. The number of unbranched alkanes of at least 4 members (excludes halogenated alkanes) is 3. The Morgan fingerprint density at radius 3 is 2.86 bits per heavy atom. The smallest absolute Gasteiger partial charge is 0.0928 e. The Morgan fingerprint density at radius 2 is 2.14 bits per heavy atom. The molecule has 0 unspecified atom stereocenters. The van der Waals surface area contributed by atoms with E-state index in [1.54, 1.807) is 16.9 Å². The van der Waals surface area contributed by atoms with Crippen LogP contribution < -0.4 is 0 Å². The lowest BCUT2D eigenvalue weighted by Crippen LogP contribution is -1.91. The van der Waals surface area contributed by atoms with E-state index in [-0.39, 0.29) is 0 Å². The molecule has 0 aliphatic carbocycles. The Labute approximate surface area is 142 Å². The molecule has 1 rings (SSSR count). The highest BCUT2D eigenvalue weighted by Gasteiger charge is 2.04. The number of hydrogen-bond donors (Lipinski definition) is 0. The van der Waals surface area contributed by atoms with Crippen molar-refractivity contribution in [2.45, 2.75) is 51.4 Å². The first-order valence-corrected chi connectivity index (χ1v) is 8.95. The molecule has 1 aromatic heterocycles. The van der Waals surface area contributed by atoms with Crippen molar-refractivity contribution in [3.8, 4) is 12.3 Å². The zero-order chi connectivity index (χ0) is 15.3. The van der Waals surface area contributed by atoms with Gasteiger partial charge in [0.05, 0.1) is 10.7 Å². The lowest BCUT2D eigenvalue weighted by molar-refractivity contribution is 0.689. The molecule has 1 heterocycles. The van der Waals surface area contributed by atoms with Gasteiger partial charge in [-0.3, -0.25) is 0 Å². The van der Waals surface area contributed by atoms with Gasteiger partial charge in [-0.1, -0.05) is 41.3 Å². The summed E-state index contributed by atoms with van der Waals surface area (Å²) >= 11 is 13.1. The molecule has 0 spiro atoms. The number of allylic oxidation sites excluding steroid dienone is 2. The fraction of sp³-hybridized carbons (Fsp3) is 0.471. The summed E-state index contributed by atoms with van der Waals surface area (Å²) in [6, 6.07) is 0. The molecule has 4 heteroatoms. The average molecular weight is 342 g/mol. The lowest BCUT2D eigenvalue weighted by Gasteiger charge is -2.01. The summed E-state index contributed by atoms with van der Waals surface area (Å²) in [7, 11) is 0. The summed E-state index contributed by atoms with van der Waals surface area (Å²) in [5.41, 5.74) is 5.51. The third kappa shape index (κ3) is 8.31. The van der Waals surface area contributed by atoms with E-state index in [2.05, 4.69) is 16.3 Å². The Hall–Kier alpha value is -0.750. The van der Waals surface area contributed by atoms with Crippen LogP contribution in [0.25, 0.3) is 0 Å². The number of rotatable bonds is 10. The van der Waals surface area contributed by atoms with Crippen LogP contribution in [0.5, 0.6) is 0 Å². The van der Waals surface area contributed by atoms with Gasteiger partial charge in [0.15, 0.2) is 0 Å². The van der Waals surface area contributed by atoms with Gasteiger partial charge in [-0.25, -0.2) is 4.98 Å². The van der Waals surface area contributed by atoms with Gasteiger partial charge in [0, 0.05) is 22.9 Å². The van der Waals surface area contributed by atoms with Crippen molar-refractivity contribution >= 4 is 34.5 Å². The molecule has 0 amide bonds. The molecule has 0 aromatic carbocycles. The SMILES string of the molecule is C#CCCCCCc1nc(CCC(=CCl)CC=CCl)cs1. The maximum Gasteiger partial charge on any atom is 0.0928 e. The number of halogens is 2. The Kier molecular flexibility index (Phi) is 10.3. The summed E-state index contributed by atoms with van der Waals surface area (Å²) in [4.78, 5) is 4.68. The van der Waals surface area contributed by atoms with E-state index in [4.69, 9.17) is 29.6 Å². The quantitative estimate of drug-likeness (QED) is 0.371. The van der Waals surface area contributed by atoms with Crippen LogP contribution in [-0.4, -0.2) is 4.98 Å². The van der Waals surface area contributed by atoms with Crippen molar-refractivity contribution in [1.29, 1.82) is 0 Å². The summed E-state index contributed by atoms with van der Waals surface area (Å²) < 4.78 is 0. The summed E-state index contributed by atoms with van der Waals surface area (Å²) in [5, 5.41) is 3.38. The summed E-state index contributed by atoms with van der Waals surface area (Å²) in [6.45, 7) is 0. The summed E-state index contributed by atoms with van der Waals surface area (Å²) in [6.07, 6.45) is 15.2. The number of terminal acetylenes is 1. The van der Waals surface area contributed by atoms with Crippen LogP contribution >= 0.6 is 34.5 Å². The number of nitrogens with zero attached hydrogens (tertiary/aromatic N) is 1. The van der Waals surface area contributed by atoms with Crippen molar-refractivity contribution in [2.24, 2.45) is 0 Å². The second kappa shape index (κ2) is 11.9. The predicted octanol–water partition coefficient (Wildman–Crippen LogP) is 6.08. The highest BCUT2D eigenvalue weighted by molar-refractivity contribution is 7.09. The van der Waals surface area contributed by atoms with Gasteiger partial charge < -0.3 is 0 Å². The van der Waals surface area contributed by atoms with Crippen LogP contribution in [0, 0.1) is 12.3 Å². The third-order valence-corrected chi connectivity index (χ3v) is 4.58. The standard InChI is InChI=1S/C17H21Cl2NS/c1-2-3-4-5-6-9-17-20-16(14-21-17)11-10-15(13-19)8-7-12-18/h1,7,12-14H,3-6,8-11H2. The van der Waals surface area contributed by atoms with Gasteiger partial charge in [0.2, 0.25) is 0 Å². The molecule has 0 aliphatic rings. The van der Waals surface area contributed by atoms with Crippen LogP contribution in [0.2, 0.25) is 0 Å². The average Bonchev–Trinajstić information content (AvgIpc) is 2.95. The monoisotopic (exact) mass is 341 g/mol. The van der Waals surface area contributed by atoms with Crippen molar-refractivity contribution < 1.29 is 0 Å². The van der Waals surface area contributed by atoms with Gasteiger partial charge in [-0.05, 0) is 38.5 Å². The Balaban J connectivity index is 2.29. The van der Waals surface area contributed by atoms with Crippen molar-refractivity contribution in [1.82, 2.24) is 4.98 Å². The number of aryl methyl sites for hydroxylation is 2. The minimum Gasteiger partial charge on any atom is -0.246 e. The largest absolute Gasteiger partial charge is 0.246 e. The molecular weight excluding hydrogens is 321 g/mol. The van der Waals surface area contributed by atoms with Gasteiger partial charge in [0.25, 0.3) is 0 Å². The topological polar surface area (TPSA) is 12.9 Å². The third-order valence-electron chi connectivity index (χ3n) is 3.14. The minimum absolute atomic E-state index is 0.805. The van der Waals surface area contributed by atoms with E-state index < -0.39 is 0 Å². The molecule has 21 heavy (non-hydrogen) atoms. The van der Waals surface area contributed by atoms with Gasteiger partial charge >= 0.3 is 0 Å². The molecule has 0 atom stereocenters. The van der Waals surface area contributed by atoms with E-state index in [9.17, 15) is 0 Å². The number of hydrogen-bond acceptors (Lipinski definition) is 2. The molecule has 114 valence electrons. The van der Waals surface area contributed by atoms with Crippen LogP contribution in [0.1, 0.15) is 49.2 Å². The molecule has 0 aliphatic heterocycles. The van der Waals surface area contributed by atoms with E-state index in [0.29, 0.717) is 0 Å². The van der Waals surface area contributed by atoms with Gasteiger partial charge in [-0.15, -0.1) is 23.7 Å². The van der Waals surface area contributed by atoms with E-state index in [1.807, 2.05) is 6.08 Å². The lowest BCUT2D eigenvalue weighted by atomic mass is 10.1. The maximum absolute atomic E-state index is 5.81. The van der Waals surface area contributed by atoms with Crippen LogP contribution in [-0.2, 0) is 12.8 Å². The molecule has 0 radical (unpaired) electrons.